The minimum atomic E-state index is -0.428. The van der Waals surface area contributed by atoms with Crippen molar-refractivity contribution in [2.24, 2.45) is 10.8 Å². The van der Waals surface area contributed by atoms with E-state index in [2.05, 4.69) is 0 Å². The molecular formula is C27H46N4O6. The van der Waals surface area contributed by atoms with Gasteiger partial charge in [-0.2, -0.15) is 0 Å². The zero-order chi connectivity index (χ0) is 28.4. The van der Waals surface area contributed by atoms with E-state index in [4.69, 9.17) is 0 Å². The highest BCUT2D eigenvalue weighted by atomic mass is 16.2. The van der Waals surface area contributed by atoms with Gasteiger partial charge in [0.15, 0.2) is 0 Å². The summed E-state index contributed by atoms with van der Waals surface area (Å²) in [5, 5.41) is 0. The third-order valence-electron chi connectivity index (χ3n) is 6.93. The molecule has 1 aliphatic heterocycles. The fourth-order valence-electron chi connectivity index (χ4n) is 4.15. The second kappa shape index (κ2) is 14.4. The van der Waals surface area contributed by atoms with E-state index in [0.717, 1.165) is 0 Å². The first-order valence-corrected chi connectivity index (χ1v) is 13.2. The van der Waals surface area contributed by atoms with Gasteiger partial charge in [0.05, 0.1) is 6.54 Å². The van der Waals surface area contributed by atoms with E-state index >= 15 is 0 Å². The van der Waals surface area contributed by atoms with Crippen molar-refractivity contribution in [3.05, 3.63) is 0 Å². The molecule has 5 amide bonds. The van der Waals surface area contributed by atoms with Crippen molar-refractivity contribution in [1.29, 1.82) is 0 Å². The molecule has 0 aromatic heterocycles. The number of carbonyl (C=O) groups is 6. The van der Waals surface area contributed by atoms with Crippen LogP contribution in [0.3, 0.4) is 0 Å². The zero-order valence-corrected chi connectivity index (χ0v) is 23.8. The van der Waals surface area contributed by atoms with Crippen molar-refractivity contribution in [2.45, 2.75) is 80.1 Å². The van der Waals surface area contributed by atoms with Gasteiger partial charge in [0, 0.05) is 45.3 Å². The molecule has 1 saturated heterocycles. The predicted molar refractivity (Wildman–Crippen MR) is 141 cm³/mol. The highest BCUT2D eigenvalue weighted by molar-refractivity contribution is 6.02. The second-order valence-electron chi connectivity index (χ2n) is 11.6. The molecule has 0 unspecified atom stereocenters. The van der Waals surface area contributed by atoms with Gasteiger partial charge in [-0.05, 0) is 44.2 Å². The Balaban J connectivity index is 2.43. The fourth-order valence-corrected chi connectivity index (χ4v) is 4.15. The molecule has 1 fully saturated rings. The quantitative estimate of drug-likeness (QED) is 0.201. The van der Waals surface area contributed by atoms with E-state index in [1.165, 1.54) is 14.7 Å². The molecule has 0 saturated carbocycles. The van der Waals surface area contributed by atoms with E-state index in [9.17, 15) is 28.8 Å². The Morgan fingerprint density at radius 3 is 1.92 bits per heavy atom. The molecule has 0 N–H and O–H groups in total. The second-order valence-corrected chi connectivity index (χ2v) is 11.6. The van der Waals surface area contributed by atoms with Gasteiger partial charge in [0.25, 0.3) is 0 Å². The van der Waals surface area contributed by atoms with Gasteiger partial charge in [-0.3, -0.25) is 38.7 Å². The minimum absolute atomic E-state index is 0.0206. The first-order valence-electron chi connectivity index (χ1n) is 13.2. The van der Waals surface area contributed by atoms with Crippen LogP contribution in [0.15, 0.2) is 0 Å². The largest absolute Gasteiger partial charge is 0.327 e. The Kier molecular flexibility index (Phi) is 12.6. The van der Waals surface area contributed by atoms with Crippen LogP contribution in [0.4, 0.5) is 4.79 Å². The predicted octanol–water partition coefficient (Wildman–Crippen LogP) is 2.74. The average molecular weight is 523 g/mol. The SMILES string of the molecule is CCN(C)CC(=O)N(C=O)CC(C)(C)CCC(=O)CCC(=O)CCC(C)(C)CN1C(=O)CN(CC)C1=O. The zero-order valence-electron chi connectivity index (χ0n) is 23.8. The number of likely N-dealkylation sites (N-methyl/N-ethyl adjacent to an activating group) is 2. The Hall–Kier alpha value is -2.62. The number of imide groups is 2. The van der Waals surface area contributed by atoms with Crippen LogP contribution >= 0.6 is 0 Å². The van der Waals surface area contributed by atoms with Crippen LogP contribution in [-0.4, -0.2) is 102 Å². The number of hydrogen-bond donors (Lipinski definition) is 0. The summed E-state index contributed by atoms with van der Waals surface area (Å²) in [6.45, 7) is 13.4. The van der Waals surface area contributed by atoms with Crippen molar-refractivity contribution in [3.8, 4) is 0 Å². The summed E-state index contributed by atoms with van der Waals surface area (Å²) < 4.78 is 0. The number of Topliss-reactive ketones (excluding diaryl/α,β-unsaturated/α-hetero) is 2. The lowest BCUT2D eigenvalue weighted by Crippen LogP contribution is -2.42. The molecule has 10 nitrogen and oxygen atoms in total. The molecule has 1 heterocycles. The van der Waals surface area contributed by atoms with E-state index in [-0.39, 0.29) is 81.3 Å². The lowest BCUT2D eigenvalue weighted by atomic mass is 9.85. The summed E-state index contributed by atoms with van der Waals surface area (Å²) in [6.07, 6.45) is 2.42. The molecular weight excluding hydrogens is 476 g/mol. The number of hydrogen-bond acceptors (Lipinski definition) is 7. The van der Waals surface area contributed by atoms with Crippen LogP contribution in [0.1, 0.15) is 80.1 Å². The lowest BCUT2D eigenvalue weighted by Gasteiger charge is -2.30. The standard InChI is InChI=1S/C27H46N4O6/c1-8-28(7)16-23(35)30(20-32)18-26(3,4)14-12-21(33)10-11-22(34)13-15-27(5,6)19-31-24(36)17-29(9-2)25(31)37/h20H,8-19H2,1-7H3. The van der Waals surface area contributed by atoms with Crippen molar-refractivity contribution in [2.75, 3.05) is 46.3 Å². The van der Waals surface area contributed by atoms with E-state index in [0.29, 0.717) is 32.3 Å². The third kappa shape index (κ3) is 11.1. The summed E-state index contributed by atoms with van der Waals surface area (Å²) in [5.41, 5.74) is -0.838. The molecule has 0 atom stereocenters. The maximum Gasteiger partial charge on any atom is 0.327 e. The van der Waals surface area contributed by atoms with Crippen molar-refractivity contribution in [3.63, 3.8) is 0 Å². The van der Waals surface area contributed by atoms with Gasteiger partial charge in [0.2, 0.25) is 18.2 Å². The normalized spacial score (nSPS) is 14.5. The Bertz CT molecular complexity index is 854. The van der Waals surface area contributed by atoms with Gasteiger partial charge in [-0.15, -0.1) is 0 Å². The average Bonchev–Trinajstić information content (AvgIpc) is 3.10. The molecule has 210 valence electrons. The monoisotopic (exact) mass is 522 g/mol. The summed E-state index contributed by atoms with van der Waals surface area (Å²) in [6, 6.07) is -0.283. The van der Waals surface area contributed by atoms with E-state index in [1.54, 1.807) is 0 Å². The highest BCUT2D eigenvalue weighted by Gasteiger charge is 2.38. The van der Waals surface area contributed by atoms with Crippen molar-refractivity contribution in [1.82, 2.24) is 19.6 Å². The molecule has 10 heteroatoms. The van der Waals surface area contributed by atoms with Gasteiger partial charge in [-0.1, -0.05) is 34.6 Å². The third-order valence-corrected chi connectivity index (χ3v) is 6.93. The molecule has 0 bridgehead atoms. The highest BCUT2D eigenvalue weighted by Crippen LogP contribution is 2.27. The first kappa shape index (κ1) is 32.4. The summed E-state index contributed by atoms with van der Waals surface area (Å²) in [7, 11) is 1.81. The van der Waals surface area contributed by atoms with Crippen LogP contribution in [0, 0.1) is 10.8 Å². The Morgan fingerprint density at radius 2 is 1.46 bits per heavy atom. The molecule has 0 aromatic rings. The van der Waals surface area contributed by atoms with Gasteiger partial charge in [-0.25, -0.2) is 4.79 Å². The minimum Gasteiger partial charge on any atom is -0.315 e. The van der Waals surface area contributed by atoms with Gasteiger partial charge in [0.1, 0.15) is 18.1 Å². The van der Waals surface area contributed by atoms with Gasteiger partial charge < -0.3 is 4.90 Å². The maximum atomic E-state index is 12.4. The molecule has 0 radical (unpaired) electrons. The van der Waals surface area contributed by atoms with E-state index in [1.807, 2.05) is 53.5 Å². The molecule has 0 aliphatic carbocycles. The van der Waals surface area contributed by atoms with Crippen LogP contribution < -0.4 is 0 Å². The van der Waals surface area contributed by atoms with Crippen molar-refractivity contribution >= 4 is 35.8 Å². The van der Waals surface area contributed by atoms with Crippen molar-refractivity contribution < 1.29 is 28.8 Å². The number of carbonyl (C=O) groups excluding carboxylic acids is 6. The maximum absolute atomic E-state index is 12.4. The molecule has 37 heavy (non-hydrogen) atoms. The fraction of sp³-hybridized carbons (Fsp3) is 0.778. The molecule has 1 rings (SSSR count). The van der Waals surface area contributed by atoms with E-state index < -0.39 is 10.8 Å². The topological polar surface area (TPSA) is 115 Å². The van der Waals surface area contributed by atoms with Crippen LogP contribution in [0.5, 0.6) is 0 Å². The molecule has 0 aromatic carbocycles. The lowest BCUT2D eigenvalue weighted by molar-refractivity contribution is -0.140. The molecule has 1 aliphatic rings. The Labute approximate surface area is 221 Å². The number of ketones is 2. The van der Waals surface area contributed by atoms with Crippen LogP contribution in [-0.2, 0) is 24.0 Å². The number of amides is 5. The summed E-state index contributed by atoms with van der Waals surface area (Å²) >= 11 is 0. The number of nitrogens with zero attached hydrogens (tertiary/aromatic N) is 4. The first-order chi connectivity index (χ1) is 17.1. The Morgan fingerprint density at radius 1 is 0.919 bits per heavy atom. The smallest absolute Gasteiger partial charge is 0.315 e. The number of urea groups is 1. The summed E-state index contributed by atoms with van der Waals surface area (Å²) in [5.74, 6) is -0.530. The molecule has 0 spiro atoms. The number of rotatable bonds is 18. The van der Waals surface area contributed by atoms with Gasteiger partial charge >= 0.3 is 6.03 Å². The van der Waals surface area contributed by atoms with Crippen LogP contribution in [0.25, 0.3) is 0 Å². The van der Waals surface area contributed by atoms with Crippen LogP contribution in [0.2, 0.25) is 0 Å². The summed E-state index contributed by atoms with van der Waals surface area (Å²) in [4.78, 5) is 78.9.